The first kappa shape index (κ1) is 48.3. The Bertz CT molecular complexity index is 58.1. The summed E-state index contributed by atoms with van der Waals surface area (Å²) in [7, 11) is 0. The van der Waals surface area contributed by atoms with Crippen molar-refractivity contribution in [2.45, 2.75) is 0 Å². The topological polar surface area (TPSA) is 196 Å². The third kappa shape index (κ3) is 77.3. The number of quaternary nitrogens is 3. The van der Waals surface area contributed by atoms with Crippen LogP contribution in [0, 0.1) is 11.8 Å². The van der Waals surface area contributed by atoms with Crippen LogP contribution >= 0.6 is 0 Å². The standard InChI is InChI=1S/CN.CH2O3.3H3N/c1-2;2-1(3)4;;;/h;(H2,2,3,4);3*1H3/q-1;;;;/p+1. The third-order valence-corrected chi connectivity index (χ3v) is 0. The molecule has 0 unspecified atom stereocenters. The summed E-state index contributed by atoms with van der Waals surface area (Å²) in [5, 5.41) is 22.9. The molecule has 0 spiro atoms. The van der Waals surface area contributed by atoms with Gasteiger partial charge in [0.05, 0.1) is 0 Å². The van der Waals surface area contributed by atoms with Crippen molar-refractivity contribution in [2.24, 2.45) is 0 Å². The molecule has 0 atom stereocenters. The quantitative estimate of drug-likeness (QED) is 0.354. The van der Waals surface area contributed by atoms with Gasteiger partial charge in [-0.3, -0.25) is 0 Å². The van der Waals surface area contributed by atoms with Crippen molar-refractivity contribution in [1.29, 1.82) is 5.26 Å². The van der Waals surface area contributed by atoms with Crippen molar-refractivity contribution in [3.8, 4) is 0 Å². The second kappa shape index (κ2) is 78.5. The molecule has 0 radical (unpaired) electrons. The van der Waals surface area contributed by atoms with Gasteiger partial charge in [-0.15, -0.1) is 0 Å². The molecule has 9 heavy (non-hydrogen) atoms. The van der Waals surface area contributed by atoms with E-state index in [4.69, 9.17) is 26.8 Å². The molecule has 12 N–H and O–H groups in total. The highest BCUT2D eigenvalue weighted by molar-refractivity contribution is 5.47. The number of nitrogens with zero attached hydrogens (tertiary/aromatic N) is 1. The maximum Gasteiger partial charge on any atom is -0.0431 e. The van der Waals surface area contributed by atoms with E-state index in [2.05, 4.69) is 0 Å². The molecule has 7 nitrogen and oxygen atoms in total. The molecule has 0 aliphatic heterocycles. The third-order valence-electron chi connectivity index (χ3n) is 0. The van der Waals surface area contributed by atoms with E-state index >= 15 is 0 Å². The highest BCUT2D eigenvalue weighted by Gasteiger charge is 1.26. The molecule has 7 heteroatoms. The zero-order valence-corrected chi connectivity index (χ0v) is 5.67. The van der Waals surface area contributed by atoms with Gasteiger partial charge in [-0.1, -0.05) is 0 Å². The zero-order valence-electron chi connectivity index (χ0n) is 5.67. The minimum absolute atomic E-state index is 0. The first-order valence-corrected chi connectivity index (χ1v) is 0.836. The Labute approximate surface area is 52.7 Å². The second-order valence-corrected chi connectivity index (χ2v) is 0.250. The second-order valence-electron chi connectivity index (χ2n) is 0.250. The molecule has 0 saturated heterocycles. The molecule has 0 heterocycles. The van der Waals surface area contributed by atoms with Crippen molar-refractivity contribution in [3.05, 3.63) is 6.57 Å². The Balaban J connectivity index is -0.00000000990. The average molecular weight is 140 g/mol. The molecule has 0 aromatic rings. The van der Waals surface area contributed by atoms with E-state index in [0.717, 1.165) is 0 Å². The molecule has 0 fully saturated rings. The van der Waals surface area contributed by atoms with Crippen LogP contribution < -0.4 is 28.7 Å². The lowest BCUT2D eigenvalue weighted by Gasteiger charge is -1.96. The van der Waals surface area contributed by atoms with Gasteiger partial charge in [0.25, 0.3) is 0 Å². The summed E-state index contributed by atoms with van der Waals surface area (Å²) < 4.78 is 0. The summed E-state index contributed by atoms with van der Waals surface area (Å²) in [4.78, 5) is 8.33. The Morgan fingerprint density at radius 3 is 1.11 bits per heavy atom. The van der Waals surface area contributed by atoms with Gasteiger partial charge in [0.15, 0.2) is 0 Å². The molecule has 0 saturated carbocycles. The summed E-state index contributed by atoms with van der Waals surface area (Å²) >= 11 is 0. The van der Waals surface area contributed by atoms with Gasteiger partial charge in [0.1, 0.15) is 0 Å². The maximum atomic E-state index is 8.33. The summed E-state index contributed by atoms with van der Waals surface area (Å²) in [5.74, 6) is 0. The van der Waals surface area contributed by atoms with E-state index < -0.39 is 6.16 Å². The minimum Gasteiger partial charge on any atom is -0.652 e. The summed E-state index contributed by atoms with van der Waals surface area (Å²) in [5.41, 5.74) is 0. The first-order valence-electron chi connectivity index (χ1n) is 0.836. The highest BCUT2D eigenvalue weighted by Crippen LogP contribution is 1.21. The van der Waals surface area contributed by atoms with Crippen LogP contribution in [-0.2, 0) is 0 Å². The monoisotopic (exact) mass is 140 g/mol. The Hall–Kier alpha value is -1.36. The molecule has 0 aliphatic rings. The molecular formula is C2H12N4O3. The molecule has 0 rings (SSSR count). The highest BCUT2D eigenvalue weighted by atomic mass is 16.6. The Morgan fingerprint density at radius 1 is 1.11 bits per heavy atom. The van der Waals surface area contributed by atoms with Gasteiger partial charge in [0, 0.05) is 0 Å². The van der Waals surface area contributed by atoms with Crippen LogP contribution in [0.4, 0.5) is 4.79 Å². The first-order chi connectivity index (χ1) is 2.73. The van der Waals surface area contributed by atoms with Crippen LogP contribution in [0.5, 0.6) is 0 Å². The van der Waals surface area contributed by atoms with Gasteiger partial charge < -0.3 is 45.3 Å². The fraction of sp³-hybridized carbons (Fsp3) is 0. The predicted molar refractivity (Wildman–Crippen MR) is 28.3 cm³/mol. The lowest BCUT2D eigenvalue weighted by Crippen LogP contribution is -2.37. The fourth-order valence-electron chi connectivity index (χ4n) is 0. The van der Waals surface area contributed by atoms with Crippen LogP contribution in [0.25, 0.3) is 0 Å². The van der Waals surface area contributed by atoms with Gasteiger partial charge in [-0.2, -0.15) is 0 Å². The maximum absolute atomic E-state index is 8.33. The molecule has 0 amide bonds. The predicted octanol–water partition coefficient (Wildman–Crippen LogP) is -1.22. The number of hydrogen-bond donors (Lipinski definition) is 3. The molecule has 0 bridgehead atoms. The fourth-order valence-corrected chi connectivity index (χ4v) is 0. The van der Waals surface area contributed by atoms with E-state index in [1.807, 2.05) is 0 Å². The molecule has 0 aromatic heterocycles. The number of hydrogen-bond acceptors (Lipinski definition) is 4. The van der Waals surface area contributed by atoms with Gasteiger partial charge in [-0.25, -0.2) is 0 Å². The SMILES string of the molecule is O=C([O-])[O-].[C-]#N.[NH4+].[NH4+].[NH4+]. The van der Waals surface area contributed by atoms with Gasteiger partial charge in [0.2, 0.25) is 0 Å². The molecule has 0 aromatic carbocycles. The van der Waals surface area contributed by atoms with Gasteiger partial charge in [-0.05, 0) is 6.16 Å². The van der Waals surface area contributed by atoms with E-state index in [-0.39, 0.29) is 18.5 Å². The van der Waals surface area contributed by atoms with Crippen LogP contribution in [0.1, 0.15) is 0 Å². The smallest absolute Gasteiger partial charge is 0.0431 e. The van der Waals surface area contributed by atoms with E-state index in [1.54, 1.807) is 0 Å². The summed E-state index contributed by atoms with van der Waals surface area (Å²) in [6.45, 7) is 4.75. The van der Waals surface area contributed by atoms with Crippen LogP contribution in [0.2, 0.25) is 0 Å². The Kier molecular flexibility index (Phi) is 422. The molecular weight excluding hydrogens is 128 g/mol. The van der Waals surface area contributed by atoms with E-state index in [1.165, 1.54) is 0 Å². The number of carbonyl (C=O) groups is 1. The normalized spacial score (nSPS) is 2.89. The van der Waals surface area contributed by atoms with Gasteiger partial charge >= 0.3 is 0 Å². The lowest BCUT2D eigenvalue weighted by molar-refractivity contribution is -0.415. The van der Waals surface area contributed by atoms with E-state index in [9.17, 15) is 0 Å². The summed E-state index contributed by atoms with van der Waals surface area (Å²) in [6, 6.07) is 0. The van der Waals surface area contributed by atoms with Crippen LogP contribution in [-0.4, -0.2) is 6.16 Å². The summed E-state index contributed by atoms with van der Waals surface area (Å²) in [6.07, 6.45) is -2.33. The number of rotatable bonds is 0. The van der Waals surface area contributed by atoms with Crippen molar-refractivity contribution in [2.75, 3.05) is 0 Å². The molecule has 58 valence electrons. The minimum atomic E-state index is -2.33. The zero-order chi connectivity index (χ0) is 5.58. The van der Waals surface area contributed by atoms with Crippen LogP contribution in [0.15, 0.2) is 0 Å². The average Bonchev–Trinajstić information content (AvgIpc) is 1.41. The van der Waals surface area contributed by atoms with E-state index in [0.29, 0.717) is 0 Å². The van der Waals surface area contributed by atoms with Crippen molar-refractivity contribution < 1.29 is 15.0 Å². The number of carbonyl (C=O) groups excluding carboxylic acids is 1. The lowest BCUT2D eigenvalue weighted by atomic mass is 11.5. The van der Waals surface area contributed by atoms with Crippen molar-refractivity contribution >= 4 is 6.16 Å². The van der Waals surface area contributed by atoms with Crippen molar-refractivity contribution in [1.82, 2.24) is 18.5 Å². The molecule has 0 aliphatic carbocycles. The number of carboxylic acid groups (broad SMARTS) is 2. The Morgan fingerprint density at radius 2 is 1.11 bits per heavy atom. The largest absolute Gasteiger partial charge is 0.652 e. The van der Waals surface area contributed by atoms with Crippen LogP contribution in [0.3, 0.4) is 0 Å². The van der Waals surface area contributed by atoms with Crippen molar-refractivity contribution in [3.63, 3.8) is 0 Å².